The summed E-state index contributed by atoms with van der Waals surface area (Å²) in [5.41, 5.74) is 7.24. The number of nitrogens with zero attached hydrogens (tertiary/aromatic N) is 3. The number of hydrogen-bond donors (Lipinski definition) is 1. The summed E-state index contributed by atoms with van der Waals surface area (Å²) in [5.74, 6) is -0.661. The number of nitrogens with two attached hydrogens (primary N) is 1. The normalized spacial score (nSPS) is 20.9. The van der Waals surface area contributed by atoms with Crippen LogP contribution < -0.4 is 10.6 Å². The maximum Gasteiger partial charge on any atom is 0.393 e. The van der Waals surface area contributed by atoms with Gasteiger partial charge in [-0.3, -0.25) is 4.68 Å². The Bertz CT molecular complexity index is 453. The summed E-state index contributed by atoms with van der Waals surface area (Å²) < 4.78 is 40.1. The standard InChI is InChI=1S/C12H19F3N4/c1-3-9-10(16)11(18(2)17-9)19-6-4-5-8(7-19)12(13,14)15/h8H,3-7,16H2,1-2H3. The van der Waals surface area contributed by atoms with E-state index in [0.717, 1.165) is 5.69 Å². The number of anilines is 2. The third kappa shape index (κ3) is 2.64. The van der Waals surface area contributed by atoms with E-state index < -0.39 is 12.1 Å². The second-order valence-electron chi connectivity index (χ2n) is 4.99. The summed E-state index contributed by atoms with van der Waals surface area (Å²) in [6, 6.07) is 0. The topological polar surface area (TPSA) is 47.1 Å². The molecule has 1 aromatic heterocycles. The van der Waals surface area contributed by atoms with Gasteiger partial charge in [0, 0.05) is 20.1 Å². The van der Waals surface area contributed by atoms with Crippen molar-refractivity contribution in [2.45, 2.75) is 32.4 Å². The van der Waals surface area contributed by atoms with Crippen molar-refractivity contribution in [1.29, 1.82) is 0 Å². The van der Waals surface area contributed by atoms with Gasteiger partial charge in [-0.05, 0) is 19.3 Å². The third-order valence-corrected chi connectivity index (χ3v) is 3.65. The van der Waals surface area contributed by atoms with Crippen molar-refractivity contribution in [2.24, 2.45) is 13.0 Å². The highest BCUT2D eigenvalue weighted by Gasteiger charge is 2.42. The van der Waals surface area contributed by atoms with E-state index in [4.69, 9.17) is 5.73 Å². The van der Waals surface area contributed by atoms with Crippen LogP contribution in [0, 0.1) is 5.92 Å². The van der Waals surface area contributed by atoms with Crippen LogP contribution in [0.15, 0.2) is 0 Å². The molecule has 0 radical (unpaired) electrons. The van der Waals surface area contributed by atoms with Crippen molar-refractivity contribution in [2.75, 3.05) is 23.7 Å². The molecule has 2 rings (SSSR count). The van der Waals surface area contributed by atoms with Crippen LogP contribution in [0.4, 0.5) is 24.7 Å². The molecule has 1 unspecified atom stereocenters. The highest BCUT2D eigenvalue weighted by molar-refractivity contribution is 5.66. The predicted molar refractivity (Wildman–Crippen MR) is 68.0 cm³/mol. The number of rotatable bonds is 2. The average Bonchev–Trinajstić information content (AvgIpc) is 2.63. The Kier molecular flexibility index (Phi) is 3.64. The van der Waals surface area contributed by atoms with Gasteiger partial charge >= 0.3 is 6.18 Å². The van der Waals surface area contributed by atoms with E-state index in [1.54, 1.807) is 16.6 Å². The molecule has 4 nitrogen and oxygen atoms in total. The molecule has 1 aromatic rings. The predicted octanol–water partition coefficient (Wildman–Crippen LogP) is 2.34. The molecule has 19 heavy (non-hydrogen) atoms. The second-order valence-corrected chi connectivity index (χ2v) is 4.99. The van der Waals surface area contributed by atoms with Crippen LogP contribution in [-0.2, 0) is 13.5 Å². The van der Waals surface area contributed by atoms with Crippen molar-refractivity contribution >= 4 is 11.5 Å². The Morgan fingerprint density at radius 1 is 1.42 bits per heavy atom. The maximum absolute atomic E-state index is 12.8. The van der Waals surface area contributed by atoms with Crippen molar-refractivity contribution in [1.82, 2.24) is 9.78 Å². The molecule has 1 atom stereocenters. The number of aryl methyl sites for hydroxylation is 2. The van der Waals surface area contributed by atoms with Crippen LogP contribution in [-0.4, -0.2) is 29.0 Å². The lowest BCUT2D eigenvalue weighted by Crippen LogP contribution is -2.42. The van der Waals surface area contributed by atoms with E-state index in [-0.39, 0.29) is 13.0 Å². The first-order chi connectivity index (χ1) is 8.84. The maximum atomic E-state index is 12.8. The molecule has 7 heteroatoms. The largest absolute Gasteiger partial charge is 0.394 e. The van der Waals surface area contributed by atoms with E-state index in [2.05, 4.69) is 5.10 Å². The zero-order valence-corrected chi connectivity index (χ0v) is 11.2. The molecule has 0 amide bonds. The summed E-state index contributed by atoms with van der Waals surface area (Å²) in [6.45, 7) is 2.49. The van der Waals surface area contributed by atoms with Gasteiger partial charge in [0.1, 0.15) is 5.82 Å². The van der Waals surface area contributed by atoms with E-state index in [9.17, 15) is 13.2 Å². The lowest BCUT2D eigenvalue weighted by Gasteiger charge is -2.35. The summed E-state index contributed by atoms with van der Waals surface area (Å²) in [4.78, 5) is 1.71. The van der Waals surface area contributed by atoms with Gasteiger partial charge in [-0.15, -0.1) is 0 Å². The number of alkyl halides is 3. The van der Waals surface area contributed by atoms with Crippen molar-refractivity contribution < 1.29 is 13.2 Å². The number of nitrogen functional groups attached to an aromatic ring is 1. The molecule has 1 aliphatic heterocycles. The molecule has 2 heterocycles. The van der Waals surface area contributed by atoms with Gasteiger partial charge in [-0.25, -0.2) is 0 Å². The number of aromatic nitrogens is 2. The molecule has 0 spiro atoms. The first kappa shape index (κ1) is 14.0. The minimum atomic E-state index is -4.14. The van der Waals surface area contributed by atoms with Gasteiger partial charge in [0.05, 0.1) is 17.3 Å². The Hall–Kier alpha value is -1.40. The molecule has 0 bridgehead atoms. The Morgan fingerprint density at radius 3 is 2.63 bits per heavy atom. The quantitative estimate of drug-likeness (QED) is 0.902. The van der Waals surface area contributed by atoms with E-state index in [1.807, 2.05) is 6.92 Å². The fraction of sp³-hybridized carbons (Fsp3) is 0.750. The molecule has 0 saturated carbocycles. The van der Waals surface area contributed by atoms with Gasteiger partial charge < -0.3 is 10.6 Å². The van der Waals surface area contributed by atoms with Crippen LogP contribution in [0.25, 0.3) is 0 Å². The zero-order chi connectivity index (χ0) is 14.2. The fourth-order valence-corrected chi connectivity index (χ4v) is 2.66. The fourth-order valence-electron chi connectivity index (χ4n) is 2.66. The van der Waals surface area contributed by atoms with Crippen LogP contribution in [0.1, 0.15) is 25.5 Å². The first-order valence-electron chi connectivity index (χ1n) is 6.47. The minimum Gasteiger partial charge on any atom is -0.394 e. The van der Waals surface area contributed by atoms with Crippen molar-refractivity contribution in [3.05, 3.63) is 5.69 Å². The van der Waals surface area contributed by atoms with Crippen molar-refractivity contribution in [3.63, 3.8) is 0 Å². The SMILES string of the molecule is CCc1nn(C)c(N2CCCC(C(F)(F)F)C2)c1N. The molecule has 0 aliphatic carbocycles. The third-order valence-electron chi connectivity index (χ3n) is 3.65. The van der Waals surface area contributed by atoms with Crippen LogP contribution >= 0.6 is 0 Å². The van der Waals surface area contributed by atoms with Gasteiger partial charge in [-0.2, -0.15) is 18.3 Å². The zero-order valence-electron chi connectivity index (χ0n) is 11.2. The summed E-state index contributed by atoms with van der Waals surface area (Å²) in [6.07, 6.45) is -2.75. The van der Waals surface area contributed by atoms with Crippen LogP contribution in [0.3, 0.4) is 0 Å². The van der Waals surface area contributed by atoms with E-state index in [0.29, 0.717) is 30.9 Å². The smallest absolute Gasteiger partial charge is 0.393 e. The monoisotopic (exact) mass is 276 g/mol. The lowest BCUT2D eigenvalue weighted by atomic mass is 9.97. The summed E-state index contributed by atoms with van der Waals surface area (Å²) in [7, 11) is 1.72. The minimum absolute atomic E-state index is 0.0314. The summed E-state index contributed by atoms with van der Waals surface area (Å²) >= 11 is 0. The molecule has 1 fully saturated rings. The van der Waals surface area contributed by atoms with E-state index in [1.165, 1.54) is 0 Å². The first-order valence-corrected chi connectivity index (χ1v) is 6.47. The Morgan fingerprint density at radius 2 is 2.11 bits per heavy atom. The molecular weight excluding hydrogens is 257 g/mol. The Balaban J connectivity index is 2.25. The molecule has 108 valence electrons. The van der Waals surface area contributed by atoms with Gasteiger partial charge in [0.2, 0.25) is 0 Å². The number of piperidine rings is 1. The van der Waals surface area contributed by atoms with Gasteiger partial charge in [-0.1, -0.05) is 6.92 Å². The highest BCUT2D eigenvalue weighted by Crippen LogP contribution is 2.36. The van der Waals surface area contributed by atoms with Gasteiger partial charge in [0.25, 0.3) is 0 Å². The molecule has 1 saturated heterocycles. The molecule has 0 aromatic carbocycles. The highest BCUT2D eigenvalue weighted by atomic mass is 19.4. The second kappa shape index (κ2) is 4.94. The van der Waals surface area contributed by atoms with Crippen LogP contribution in [0.2, 0.25) is 0 Å². The lowest BCUT2D eigenvalue weighted by molar-refractivity contribution is -0.176. The molecule has 2 N–H and O–H groups in total. The summed E-state index contributed by atoms with van der Waals surface area (Å²) in [5, 5.41) is 4.26. The van der Waals surface area contributed by atoms with Crippen LogP contribution in [0.5, 0.6) is 0 Å². The van der Waals surface area contributed by atoms with E-state index >= 15 is 0 Å². The Labute approximate surface area is 110 Å². The average molecular weight is 276 g/mol. The number of hydrogen-bond acceptors (Lipinski definition) is 3. The molecular formula is C12H19F3N4. The van der Waals surface area contributed by atoms with Gasteiger partial charge in [0.15, 0.2) is 0 Å². The molecule has 1 aliphatic rings. The number of halogens is 3. The van der Waals surface area contributed by atoms with Crippen molar-refractivity contribution in [3.8, 4) is 0 Å².